The van der Waals surface area contributed by atoms with Crippen molar-refractivity contribution in [2.45, 2.75) is 37.5 Å². The van der Waals surface area contributed by atoms with E-state index in [1.807, 2.05) is 6.07 Å². The molecule has 0 saturated heterocycles. The van der Waals surface area contributed by atoms with Gasteiger partial charge in [0.2, 0.25) is 0 Å². The molecular weight excluding hydrogens is 291 g/mol. The van der Waals surface area contributed by atoms with Crippen LogP contribution in [0.5, 0.6) is 0 Å². The third-order valence-electron chi connectivity index (χ3n) is 2.80. The van der Waals surface area contributed by atoms with Gasteiger partial charge in [0.05, 0.1) is 11.4 Å². The first-order valence-corrected chi connectivity index (χ1v) is 8.45. The molecule has 2 rings (SSSR count). The van der Waals surface area contributed by atoms with Crippen LogP contribution < -0.4 is 5.73 Å². The van der Waals surface area contributed by atoms with Crippen LogP contribution in [-0.4, -0.2) is 4.98 Å². The molecule has 108 valence electrons. The van der Waals surface area contributed by atoms with Gasteiger partial charge in [-0.1, -0.05) is 26.0 Å². The first-order valence-electron chi connectivity index (χ1n) is 6.65. The second-order valence-corrected chi connectivity index (χ2v) is 7.18. The highest BCUT2D eigenvalue weighted by atomic mass is 32.2. The van der Waals surface area contributed by atoms with Crippen LogP contribution in [0.2, 0.25) is 0 Å². The molecule has 0 amide bonds. The van der Waals surface area contributed by atoms with Crippen LogP contribution in [0.15, 0.2) is 29.2 Å². The fourth-order valence-corrected chi connectivity index (χ4v) is 3.81. The Balaban J connectivity index is 2.06. The second kappa shape index (κ2) is 7.20. The monoisotopic (exact) mass is 310 g/mol. The molecule has 0 atom stereocenters. The number of thiazole rings is 1. The summed E-state index contributed by atoms with van der Waals surface area (Å²) in [5, 5.41) is 1.02. The van der Waals surface area contributed by atoms with Gasteiger partial charge < -0.3 is 5.73 Å². The van der Waals surface area contributed by atoms with E-state index in [1.54, 1.807) is 23.5 Å². The minimum atomic E-state index is -0.171. The van der Waals surface area contributed by atoms with E-state index in [2.05, 4.69) is 18.8 Å². The third-order valence-corrected chi connectivity index (χ3v) is 5.16. The van der Waals surface area contributed by atoms with Gasteiger partial charge in [-0.25, -0.2) is 9.37 Å². The summed E-state index contributed by atoms with van der Waals surface area (Å²) in [7, 11) is 0. The van der Waals surface area contributed by atoms with Gasteiger partial charge in [0.25, 0.3) is 0 Å². The van der Waals surface area contributed by atoms with Crippen LogP contribution >= 0.6 is 23.1 Å². The first kappa shape index (κ1) is 15.5. The van der Waals surface area contributed by atoms with Crippen molar-refractivity contribution < 1.29 is 4.39 Å². The number of nitrogens with two attached hydrogens (primary N) is 1. The Hall–Kier alpha value is -0.910. The van der Waals surface area contributed by atoms with Crippen molar-refractivity contribution in [3.8, 4) is 0 Å². The van der Waals surface area contributed by atoms with Crippen molar-refractivity contribution >= 4 is 23.1 Å². The lowest BCUT2D eigenvalue weighted by atomic mass is 10.1. The average molecular weight is 310 g/mol. The van der Waals surface area contributed by atoms with Crippen LogP contribution in [0.4, 0.5) is 4.39 Å². The van der Waals surface area contributed by atoms with Gasteiger partial charge in [0, 0.05) is 16.3 Å². The van der Waals surface area contributed by atoms with E-state index in [4.69, 9.17) is 5.73 Å². The Kier molecular flexibility index (Phi) is 5.57. The van der Waals surface area contributed by atoms with Crippen molar-refractivity contribution in [3.05, 3.63) is 45.7 Å². The molecule has 2 N–H and O–H groups in total. The summed E-state index contributed by atoms with van der Waals surface area (Å²) in [5.74, 6) is 1.08. The van der Waals surface area contributed by atoms with Crippen LogP contribution in [0.3, 0.4) is 0 Å². The molecule has 0 bridgehead atoms. The van der Waals surface area contributed by atoms with Gasteiger partial charge in [0.1, 0.15) is 10.8 Å². The number of hydrogen-bond acceptors (Lipinski definition) is 4. The van der Waals surface area contributed by atoms with Gasteiger partial charge in [-0.3, -0.25) is 0 Å². The molecule has 2 aromatic rings. The highest BCUT2D eigenvalue weighted by Gasteiger charge is 2.12. The molecule has 1 aromatic carbocycles. The smallest absolute Gasteiger partial charge is 0.136 e. The van der Waals surface area contributed by atoms with E-state index in [-0.39, 0.29) is 5.82 Å². The highest BCUT2D eigenvalue weighted by molar-refractivity contribution is 7.98. The summed E-state index contributed by atoms with van der Waals surface area (Å²) < 4.78 is 13.6. The lowest BCUT2D eigenvalue weighted by Crippen LogP contribution is -2.02. The summed E-state index contributed by atoms with van der Waals surface area (Å²) in [6.07, 6.45) is 0.952. The molecule has 20 heavy (non-hydrogen) atoms. The van der Waals surface area contributed by atoms with E-state index in [1.165, 1.54) is 17.8 Å². The SMILES string of the molecule is CC(C)Cc1nc(CSc2ccccc2F)sc1CN. The molecule has 0 aliphatic heterocycles. The molecule has 2 nitrogen and oxygen atoms in total. The Morgan fingerprint density at radius 2 is 2.10 bits per heavy atom. The van der Waals surface area contributed by atoms with Crippen LogP contribution in [0, 0.1) is 11.7 Å². The number of thioether (sulfide) groups is 1. The van der Waals surface area contributed by atoms with Gasteiger partial charge in [-0.15, -0.1) is 23.1 Å². The summed E-state index contributed by atoms with van der Waals surface area (Å²) in [4.78, 5) is 6.49. The molecule has 0 saturated carbocycles. The molecule has 0 spiro atoms. The standard InChI is InChI=1S/C15H19FN2S2/c1-10(2)7-12-14(8-17)20-15(18-12)9-19-13-6-4-3-5-11(13)16/h3-6,10H,7-9,17H2,1-2H3. The molecule has 0 unspecified atom stereocenters. The number of rotatable bonds is 6. The Labute approximate surface area is 127 Å². The van der Waals surface area contributed by atoms with Gasteiger partial charge in [-0.2, -0.15) is 0 Å². The zero-order valence-electron chi connectivity index (χ0n) is 11.7. The van der Waals surface area contributed by atoms with Crippen molar-refractivity contribution in [1.82, 2.24) is 4.98 Å². The number of aromatic nitrogens is 1. The molecule has 0 aliphatic rings. The largest absolute Gasteiger partial charge is 0.326 e. The van der Waals surface area contributed by atoms with E-state index in [0.717, 1.165) is 22.0 Å². The molecule has 0 fully saturated rings. The number of halogens is 1. The fourth-order valence-electron chi connectivity index (χ4n) is 1.91. The first-order chi connectivity index (χ1) is 9.60. The quantitative estimate of drug-likeness (QED) is 0.811. The minimum absolute atomic E-state index is 0.171. The maximum Gasteiger partial charge on any atom is 0.136 e. The number of hydrogen-bond donors (Lipinski definition) is 1. The van der Waals surface area contributed by atoms with Crippen LogP contribution in [-0.2, 0) is 18.7 Å². The van der Waals surface area contributed by atoms with Crippen LogP contribution in [0.25, 0.3) is 0 Å². The lowest BCUT2D eigenvalue weighted by molar-refractivity contribution is 0.602. The Bertz CT molecular complexity index is 567. The highest BCUT2D eigenvalue weighted by Crippen LogP contribution is 2.29. The zero-order valence-corrected chi connectivity index (χ0v) is 13.4. The van der Waals surface area contributed by atoms with Crippen molar-refractivity contribution in [2.24, 2.45) is 11.7 Å². The fraction of sp³-hybridized carbons (Fsp3) is 0.400. The zero-order chi connectivity index (χ0) is 14.5. The Morgan fingerprint density at radius 1 is 1.35 bits per heavy atom. The summed E-state index contributed by atoms with van der Waals surface area (Å²) >= 11 is 3.13. The van der Waals surface area contributed by atoms with E-state index >= 15 is 0 Å². The summed E-state index contributed by atoms with van der Waals surface area (Å²) in [6.45, 7) is 4.88. The number of benzene rings is 1. The maximum absolute atomic E-state index is 13.6. The third kappa shape index (κ3) is 4.04. The molecule has 1 aromatic heterocycles. The Morgan fingerprint density at radius 3 is 2.75 bits per heavy atom. The van der Waals surface area contributed by atoms with Gasteiger partial charge in [-0.05, 0) is 24.5 Å². The summed E-state index contributed by atoms with van der Waals surface area (Å²) in [5.41, 5.74) is 6.88. The molecule has 1 heterocycles. The summed E-state index contributed by atoms with van der Waals surface area (Å²) in [6, 6.07) is 6.84. The van der Waals surface area contributed by atoms with E-state index in [9.17, 15) is 4.39 Å². The van der Waals surface area contributed by atoms with Crippen molar-refractivity contribution in [2.75, 3.05) is 0 Å². The molecule has 5 heteroatoms. The second-order valence-electron chi connectivity index (χ2n) is 5.00. The topological polar surface area (TPSA) is 38.9 Å². The minimum Gasteiger partial charge on any atom is -0.326 e. The van der Waals surface area contributed by atoms with Crippen LogP contribution in [0.1, 0.15) is 29.4 Å². The van der Waals surface area contributed by atoms with Crippen molar-refractivity contribution in [3.63, 3.8) is 0 Å². The van der Waals surface area contributed by atoms with E-state index in [0.29, 0.717) is 23.1 Å². The predicted molar refractivity (Wildman–Crippen MR) is 84.5 cm³/mol. The van der Waals surface area contributed by atoms with Gasteiger partial charge in [0.15, 0.2) is 0 Å². The number of nitrogens with zero attached hydrogens (tertiary/aromatic N) is 1. The maximum atomic E-state index is 13.6. The lowest BCUT2D eigenvalue weighted by Gasteiger charge is -2.02. The van der Waals surface area contributed by atoms with E-state index < -0.39 is 0 Å². The van der Waals surface area contributed by atoms with Crippen molar-refractivity contribution in [1.29, 1.82) is 0 Å². The molecular formula is C15H19FN2S2. The molecule has 0 radical (unpaired) electrons. The van der Waals surface area contributed by atoms with Gasteiger partial charge >= 0.3 is 0 Å². The predicted octanol–water partition coefficient (Wildman–Crippen LogP) is 4.23. The normalized spacial score (nSPS) is 11.2. The average Bonchev–Trinajstić information content (AvgIpc) is 2.79. The molecule has 0 aliphatic carbocycles.